The summed E-state index contributed by atoms with van der Waals surface area (Å²) in [7, 11) is 0. The number of piperidine rings is 1. The summed E-state index contributed by atoms with van der Waals surface area (Å²) < 4.78 is 0. The number of nitrogens with zero attached hydrogens (tertiary/aromatic N) is 2. The molecule has 3 N–H and O–H groups in total. The molecule has 1 aliphatic carbocycles. The summed E-state index contributed by atoms with van der Waals surface area (Å²) in [5, 5.41) is 12.6. The second kappa shape index (κ2) is 8.65. The van der Waals surface area contributed by atoms with Crippen LogP contribution >= 0.6 is 0 Å². The third-order valence-electron chi connectivity index (χ3n) is 5.47. The van der Waals surface area contributed by atoms with Gasteiger partial charge in [0.05, 0.1) is 12.1 Å². The van der Waals surface area contributed by atoms with E-state index in [1.54, 1.807) is 0 Å². The van der Waals surface area contributed by atoms with Crippen LogP contribution in [0.2, 0.25) is 0 Å². The van der Waals surface area contributed by atoms with Gasteiger partial charge in [-0.1, -0.05) is 39.0 Å². The summed E-state index contributed by atoms with van der Waals surface area (Å²) >= 11 is 0. The van der Waals surface area contributed by atoms with Crippen LogP contribution in [-0.4, -0.2) is 42.0 Å². The van der Waals surface area contributed by atoms with Crippen LogP contribution in [0.4, 0.5) is 0 Å². The molecule has 0 aromatic carbocycles. The molecule has 23 heavy (non-hydrogen) atoms. The number of hydrogen-bond acceptors (Lipinski definition) is 4. The fourth-order valence-electron chi connectivity index (χ4n) is 3.96. The highest BCUT2D eigenvalue weighted by molar-refractivity contribution is 5.82. The highest BCUT2D eigenvalue weighted by Crippen LogP contribution is 2.27. The van der Waals surface area contributed by atoms with Gasteiger partial charge >= 0.3 is 0 Å². The molecule has 0 bridgehead atoms. The van der Waals surface area contributed by atoms with Gasteiger partial charge in [-0.2, -0.15) is 5.26 Å². The van der Waals surface area contributed by atoms with E-state index in [0.29, 0.717) is 18.8 Å². The van der Waals surface area contributed by atoms with E-state index in [0.717, 1.165) is 32.5 Å². The first-order chi connectivity index (χ1) is 11.1. The molecule has 1 saturated carbocycles. The number of hydrogen-bond donors (Lipinski definition) is 2. The van der Waals surface area contributed by atoms with Gasteiger partial charge in [0.25, 0.3) is 0 Å². The Kier molecular flexibility index (Phi) is 6.86. The molecule has 1 atom stereocenters. The molecule has 2 aliphatic rings. The Bertz CT molecular complexity index is 417. The van der Waals surface area contributed by atoms with Gasteiger partial charge in [-0.05, 0) is 38.1 Å². The van der Waals surface area contributed by atoms with Crippen LogP contribution < -0.4 is 11.1 Å². The highest BCUT2D eigenvalue weighted by Gasteiger charge is 2.37. The lowest BCUT2D eigenvalue weighted by atomic mass is 9.84. The van der Waals surface area contributed by atoms with Gasteiger partial charge in [0.2, 0.25) is 5.91 Å². The minimum atomic E-state index is -0.717. The van der Waals surface area contributed by atoms with Crippen molar-refractivity contribution < 1.29 is 4.79 Å². The number of likely N-dealkylation sites (tertiary alicyclic amines) is 1. The van der Waals surface area contributed by atoms with Crippen molar-refractivity contribution in [2.24, 2.45) is 11.7 Å². The zero-order valence-electron chi connectivity index (χ0n) is 14.5. The van der Waals surface area contributed by atoms with Gasteiger partial charge < -0.3 is 16.0 Å². The molecular weight excluding hydrogens is 288 g/mol. The molecule has 0 spiro atoms. The summed E-state index contributed by atoms with van der Waals surface area (Å²) in [6.45, 7) is 4.98. The van der Waals surface area contributed by atoms with Crippen LogP contribution in [0.5, 0.6) is 0 Å². The van der Waals surface area contributed by atoms with E-state index in [1.807, 2.05) is 0 Å². The largest absolute Gasteiger partial charge is 0.336 e. The molecule has 130 valence electrons. The number of carbonyl (C=O) groups is 1. The molecule has 0 unspecified atom stereocenters. The van der Waals surface area contributed by atoms with E-state index < -0.39 is 11.6 Å². The number of nitrogens with one attached hydrogen (secondary N) is 1. The molecule has 0 aromatic rings. The third kappa shape index (κ3) is 5.19. The first-order valence-corrected chi connectivity index (χ1v) is 9.30. The maximum Gasteiger partial charge on any atom is 0.238 e. The Morgan fingerprint density at radius 2 is 2.00 bits per heavy atom. The molecule has 0 aromatic heterocycles. The van der Waals surface area contributed by atoms with E-state index in [9.17, 15) is 10.1 Å². The van der Waals surface area contributed by atoms with Crippen LogP contribution in [0.25, 0.3) is 0 Å². The number of rotatable bonds is 6. The van der Waals surface area contributed by atoms with Crippen molar-refractivity contribution in [1.29, 1.82) is 5.26 Å². The fourth-order valence-corrected chi connectivity index (χ4v) is 3.96. The van der Waals surface area contributed by atoms with Crippen LogP contribution in [-0.2, 0) is 4.79 Å². The van der Waals surface area contributed by atoms with Crippen molar-refractivity contribution in [3.05, 3.63) is 0 Å². The van der Waals surface area contributed by atoms with E-state index in [1.165, 1.54) is 32.1 Å². The second-order valence-electron chi connectivity index (χ2n) is 7.37. The highest BCUT2D eigenvalue weighted by atomic mass is 16.2. The van der Waals surface area contributed by atoms with Gasteiger partial charge in [-0.15, -0.1) is 0 Å². The molecule has 1 aliphatic heterocycles. The van der Waals surface area contributed by atoms with E-state index in [-0.39, 0.29) is 5.91 Å². The van der Waals surface area contributed by atoms with E-state index in [2.05, 4.69) is 23.2 Å². The van der Waals surface area contributed by atoms with Crippen LogP contribution in [0.1, 0.15) is 64.7 Å². The van der Waals surface area contributed by atoms with Crippen molar-refractivity contribution in [3.8, 4) is 6.07 Å². The first-order valence-electron chi connectivity index (χ1n) is 9.30. The van der Waals surface area contributed by atoms with Gasteiger partial charge in [0.1, 0.15) is 5.54 Å². The first kappa shape index (κ1) is 18.2. The average molecular weight is 320 g/mol. The summed E-state index contributed by atoms with van der Waals surface area (Å²) in [5.41, 5.74) is 5.41. The lowest BCUT2D eigenvalue weighted by Crippen LogP contribution is -2.57. The summed E-state index contributed by atoms with van der Waals surface area (Å²) in [4.78, 5) is 14.8. The quantitative estimate of drug-likeness (QED) is 0.786. The number of amides is 1. The normalized spacial score (nSPS) is 23.9. The van der Waals surface area contributed by atoms with Crippen molar-refractivity contribution in [2.45, 2.75) is 76.3 Å². The molecular formula is C18H32N4O. The summed E-state index contributed by atoms with van der Waals surface area (Å²) in [6.07, 6.45) is 9.49. The van der Waals surface area contributed by atoms with Gasteiger partial charge in [0, 0.05) is 13.1 Å². The van der Waals surface area contributed by atoms with Crippen molar-refractivity contribution in [3.63, 3.8) is 0 Å². The molecule has 2 fully saturated rings. The molecule has 5 nitrogen and oxygen atoms in total. The van der Waals surface area contributed by atoms with E-state index in [4.69, 9.17) is 5.73 Å². The lowest BCUT2D eigenvalue weighted by molar-refractivity contribution is -0.124. The number of nitriles is 1. The fraction of sp³-hybridized carbons (Fsp3) is 0.889. The standard InChI is InChI=1S/C18H32N4O/c1-2-10-22-11-8-18(14-19,9-12-22)21-17(23)16(20)13-15-6-4-3-5-7-15/h15-16H,2-13,20H2,1H3,(H,21,23)/t16-/m0/s1. The van der Waals surface area contributed by atoms with Gasteiger partial charge in [0.15, 0.2) is 0 Å². The van der Waals surface area contributed by atoms with Crippen LogP contribution in [0.3, 0.4) is 0 Å². The number of carbonyl (C=O) groups excluding carboxylic acids is 1. The van der Waals surface area contributed by atoms with Crippen LogP contribution in [0, 0.1) is 17.2 Å². The molecule has 1 heterocycles. The lowest BCUT2D eigenvalue weighted by Gasteiger charge is -2.38. The predicted octanol–water partition coefficient (Wildman–Crippen LogP) is 2.17. The zero-order chi connectivity index (χ0) is 16.7. The van der Waals surface area contributed by atoms with Crippen molar-refractivity contribution in [2.75, 3.05) is 19.6 Å². The van der Waals surface area contributed by atoms with Crippen molar-refractivity contribution >= 4 is 5.91 Å². The SMILES string of the molecule is CCCN1CCC(C#N)(NC(=O)[C@@H](N)CC2CCCCC2)CC1. The van der Waals surface area contributed by atoms with Gasteiger partial charge in [-0.25, -0.2) is 0 Å². The maximum absolute atomic E-state index is 12.5. The Balaban J connectivity index is 1.83. The average Bonchev–Trinajstić information content (AvgIpc) is 2.58. The molecule has 2 rings (SSSR count). The molecule has 1 amide bonds. The topological polar surface area (TPSA) is 82.2 Å². The second-order valence-corrected chi connectivity index (χ2v) is 7.37. The van der Waals surface area contributed by atoms with E-state index >= 15 is 0 Å². The summed E-state index contributed by atoms with van der Waals surface area (Å²) in [6, 6.07) is 1.88. The van der Waals surface area contributed by atoms with Crippen LogP contribution in [0.15, 0.2) is 0 Å². The maximum atomic E-state index is 12.5. The summed E-state index contributed by atoms with van der Waals surface area (Å²) in [5.74, 6) is 0.440. The predicted molar refractivity (Wildman–Crippen MR) is 91.6 cm³/mol. The Morgan fingerprint density at radius 3 is 2.57 bits per heavy atom. The third-order valence-corrected chi connectivity index (χ3v) is 5.47. The number of nitrogens with two attached hydrogens (primary N) is 1. The zero-order valence-corrected chi connectivity index (χ0v) is 14.5. The smallest absolute Gasteiger partial charge is 0.238 e. The molecule has 5 heteroatoms. The Hall–Kier alpha value is -1.12. The molecule has 0 radical (unpaired) electrons. The monoisotopic (exact) mass is 320 g/mol. The minimum Gasteiger partial charge on any atom is -0.336 e. The Morgan fingerprint density at radius 1 is 1.35 bits per heavy atom. The Labute approximate surface area is 140 Å². The molecule has 1 saturated heterocycles. The van der Waals surface area contributed by atoms with Gasteiger partial charge in [-0.3, -0.25) is 4.79 Å². The minimum absolute atomic E-state index is 0.138. The van der Waals surface area contributed by atoms with Crippen molar-refractivity contribution in [1.82, 2.24) is 10.2 Å².